The third-order valence-corrected chi connectivity index (χ3v) is 6.89. The van der Waals surface area contributed by atoms with E-state index in [1.807, 2.05) is 120 Å². The number of nitrogens with zero attached hydrogens (tertiary/aromatic N) is 9. The Hall–Kier alpha value is -3.88. The molecule has 0 amide bonds. The summed E-state index contributed by atoms with van der Waals surface area (Å²) >= 11 is 0. The van der Waals surface area contributed by atoms with Gasteiger partial charge in [0, 0.05) is 54.3 Å². The fourth-order valence-electron chi connectivity index (χ4n) is 4.39. The second-order valence-corrected chi connectivity index (χ2v) is 10.4. The molecule has 2 aromatic carbocycles. The van der Waals surface area contributed by atoms with E-state index in [1.165, 1.54) is 6.42 Å². The standard InChI is InChI=1S/C16H24N6.C15H24N7.2ClH/c1-21-12-13-22(2)16(21)20-19-15-8-6-14(7-9-15)18-11-5-3-4-10-17;1-20-11-12-21(2)15(20)19-18-13-3-5-14(6-4-13)22(9-7-16)10-8-17;;/h6-9,12-13H,3-5,10-11,17H2,1-2H3;3-6,11-12H,7-10,16-17H2,1-2H3;2*1H/q;+1;;/p-1. The van der Waals surface area contributed by atoms with Crippen LogP contribution in [0.1, 0.15) is 19.3 Å². The second kappa shape index (κ2) is 21.8. The first-order valence-corrected chi connectivity index (χ1v) is 15.0. The SMILES string of the molecule is Cn1cc[n+](C)c1N=Nc1ccc(N(CCN)CCN)cc1.Cn1cc[n+](C)c1N=Nc1ccc(NCCCCCN)cc1.[Cl-].[Cl-]. The van der Waals surface area contributed by atoms with E-state index in [-0.39, 0.29) is 24.8 Å². The molecule has 0 fully saturated rings. The molecule has 0 spiro atoms. The third kappa shape index (κ3) is 12.9. The van der Waals surface area contributed by atoms with Gasteiger partial charge in [-0.15, -0.1) is 0 Å². The van der Waals surface area contributed by atoms with Crippen molar-refractivity contribution in [2.75, 3.05) is 49.5 Å². The van der Waals surface area contributed by atoms with Crippen LogP contribution < -0.4 is 61.4 Å². The predicted octanol–water partition coefficient (Wildman–Crippen LogP) is -2.20. The number of aromatic nitrogens is 4. The zero-order chi connectivity index (χ0) is 31.7. The Balaban J connectivity index is 0.000000441. The molecule has 0 aliphatic carbocycles. The molecule has 13 nitrogen and oxygen atoms in total. The van der Waals surface area contributed by atoms with Gasteiger partial charge in [-0.2, -0.15) is 0 Å². The third-order valence-electron chi connectivity index (χ3n) is 6.89. The Bertz CT molecular complexity index is 1400. The van der Waals surface area contributed by atoms with E-state index in [2.05, 4.69) is 30.7 Å². The van der Waals surface area contributed by atoms with Crippen LogP contribution in [0.3, 0.4) is 0 Å². The van der Waals surface area contributed by atoms with Gasteiger partial charge in [-0.25, -0.2) is 18.3 Å². The number of unbranched alkanes of at least 4 members (excludes halogenated alkanes) is 2. The number of nitrogens with one attached hydrogen (secondary N) is 1. The largest absolute Gasteiger partial charge is 1.00 e. The van der Waals surface area contributed by atoms with Gasteiger partial charge in [0.25, 0.3) is 0 Å². The number of hydrogen-bond donors (Lipinski definition) is 4. The van der Waals surface area contributed by atoms with Crippen molar-refractivity contribution < 1.29 is 33.9 Å². The maximum atomic E-state index is 5.64. The van der Waals surface area contributed by atoms with Crippen molar-refractivity contribution >= 4 is 34.6 Å². The molecule has 0 radical (unpaired) electrons. The molecule has 0 saturated carbocycles. The maximum absolute atomic E-state index is 5.64. The molecule has 0 bridgehead atoms. The van der Waals surface area contributed by atoms with Crippen LogP contribution in [0.2, 0.25) is 0 Å². The van der Waals surface area contributed by atoms with Crippen LogP contribution in [0.25, 0.3) is 0 Å². The minimum Gasteiger partial charge on any atom is -1.00 e. The Morgan fingerprint density at radius 1 is 0.652 bits per heavy atom. The average molecular weight is 675 g/mol. The Labute approximate surface area is 285 Å². The highest BCUT2D eigenvalue weighted by Gasteiger charge is 2.11. The number of benzene rings is 2. The summed E-state index contributed by atoms with van der Waals surface area (Å²) in [6, 6.07) is 15.9. The number of anilines is 2. The molecule has 0 aliphatic heterocycles. The number of hydrogen-bond acceptors (Lipinski definition) is 9. The summed E-state index contributed by atoms with van der Waals surface area (Å²) in [6.45, 7) is 4.53. The van der Waals surface area contributed by atoms with E-state index in [4.69, 9.17) is 17.2 Å². The molecule has 4 aromatic rings. The summed E-state index contributed by atoms with van der Waals surface area (Å²) in [6.07, 6.45) is 11.2. The lowest BCUT2D eigenvalue weighted by Crippen LogP contribution is -3.00. The van der Waals surface area contributed by atoms with Crippen LogP contribution in [0, 0.1) is 0 Å². The van der Waals surface area contributed by atoms with Gasteiger partial charge in [0.05, 0.1) is 53.0 Å². The molecule has 2 aromatic heterocycles. The van der Waals surface area contributed by atoms with E-state index in [0.717, 1.165) is 73.7 Å². The zero-order valence-electron chi connectivity index (χ0n) is 27.3. The van der Waals surface area contributed by atoms with Crippen molar-refractivity contribution in [1.82, 2.24) is 9.13 Å². The predicted molar refractivity (Wildman–Crippen MR) is 176 cm³/mol. The minimum absolute atomic E-state index is 0. The number of rotatable bonds is 15. The Morgan fingerprint density at radius 3 is 1.54 bits per heavy atom. The molecule has 0 aliphatic rings. The van der Waals surface area contributed by atoms with Gasteiger partial charge >= 0.3 is 11.9 Å². The smallest absolute Gasteiger partial charge is 0.421 e. The van der Waals surface area contributed by atoms with E-state index in [9.17, 15) is 0 Å². The summed E-state index contributed by atoms with van der Waals surface area (Å²) in [7, 11) is 7.78. The van der Waals surface area contributed by atoms with Gasteiger partial charge in [0.15, 0.2) is 0 Å². The van der Waals surface area contributed by atoms with Gasteiger partial charge in [-0.3, -0.25) is 0 Å². The van der Waals surface area contributed by atoms with E-state index in [1.54, 1.807) is 0 Å². The summed E-state index contributed by atoms with van der Waals surface area (Å²) in [5.41, 5.74) is 20.6. The zero-order valence-corrected chi connectivity index (χ0v) is 28.8. The summed E-state index contributed by atoms with van der Waals surface area (Å²) in [4.78, 5) is 2.16. The number of imidazole rings is 2. The first kappa shape index (κ1) is 40.1. The van der Waals surface area contributed by atoms with Crippen LogP contribution in [-0.4, -0.2) is 48.4 Å². The number of azo groups is 2. The number of nitrogens with two attached hydrogens (primary N) is 3. The molecule has 252 valence electrons. The first-order chi connectivity index (χ1) is 21.4. The van der Waals surface area contributed by atoms with Crippen LogP contribution in [-0.2, 0) is 28.2 Å². The molecule has 4 rings (SSSR count). The molecule has 46 heavy (non-hydrogen) atoms. The summed E-state index contributed by atoms with van der Waals surface area (Å²) < 4.78 is 7.70. The lowest BCUT2D eigenvalue weighted by atomic mass is 10.2. The van der Waals surface area contributed by atoms with Crippen molar-refractivity contribution in [3.8, 4) is 0 Å². The van der Waals surface area contributed by atoms with Crippen molar-refractivity contribution in [3.05, 3.63) is 73.3 Å². The van der Waals surface area contributed by atoms with Crippen molar-refractivity contribution in [2.24, 2.45) is 65.8 Å². The van der Waals surface area contributed by atoms with Crippen molar-refractivity contribution in [2.45, 2.75) is 19.3 Å². The first-order valence-electron chi connectivity index (χ1n) is 15.0. The second-order valence-electron chi connectivity index (χ2n) is 10.4. The van der Waals surface area contributed by atoms with Gasteiger partial charge in [-0.05, 0) is 67.9 Å². The molecule has 0 saturated heterocycles. The normalized spacial score (nSPS) is 10.8. The van der Waals surface area contributed by atoms with E-state index < -0.39 is 0 Å². The maximum Gasteiger partial charge on any atom is 0.421 e. The molecule has 15 heteroatoms. The quantitative estimate of drug-likeness (QED) is 0.0639. The monoisotopic (exact) mass is 673 g/mol. The lowest BCUT2D eigenvalue weighted by Gasteiger charge is -2.23. The van der Waals surface area contributed by atoms with Gasteiger partial charge < -0.3 is 52.2 Å². The molecule has 2 heterocycles. The Morgan fingerprint density at radius 2 is 1.13 bits per heavy atom. The topological polar surface area (TPSA) is 160 Å². The lowest BCUT2D eigenvalue weighted by molar-refractivity contribution is -0.657. The van der Waals surface area contributed by atoms with Crippen LogP contribution in [0.4, 0.5) is 34.6 Å². The molecule has 7 N–H and O–H groups in total. The number of halogens is 2. The van der Waals surface area contributed by atoms with Crippen LogP contribution in [0.5, 0.6) is 0 Å². The Kier molecular flexibility index (Phi) is 19.0. The van der Waals surface area contributed by atoms with Gasteiger partial charge in [-0.1, -0.05) is 16.6 Å². The molecular weight excluding hydrogens is 625 g/mol. The van der Waals surface area contributed by atoms with Gasteiger partial charge in [0.1, 0.15) is 11.4 Å². The average Bonchev–Trinajstić information content (AvgIpc) is 3.53. The van der Waals surface area contributed by atoms with Crippen LogP contribution in [0.15, 0.2) is 93.8 Å². The summed E-state index contributed by atoms with van der Waals surface area (Å²) in [5.74, 6) is 1.60. The van der Waals surface area contributed by atoms with Crippen molar-refractivity contribution in [1.29, 1.82) is 0 Å². The number of aryl methyl sites for hydroxylation is 4. The molecule has 0 atom stereocenters. The van der Waals surface area contributed by atoms with Gasteiger partial charge in [0.2, 0.25) is 0 Å². The van der Waals surface area contributed by atoms with Crippen molar-refractivity contribution in [3.63, 3.8) is 0 Å². The highest BCUT2D eigenvalue weighted by atomic mass is 35.5. The van der Waals surface area contributed by atoms with E-state index >= 15 is 0 Å². The minimum atomic E-state index is 0. The molecular formula is C31H49Cl2N13. The summed E-state index contributed by atoms with van der Waals surface area (Å²) in [5, 5.41) is 20.5. The highest BCUT2D eigenvalue weighted by molar-refractivity contribution is 5.53. The van der Waals surface area contributed by atoms with Crippen LogP contribution >= 0.6 is 0 Å². The van der Waals surface area contributed by atoms with E-state index in [0.29, 0.717) is 13.1 Å². The molecule has 0 unspecified atom stereocenters. The highest BCUT2D eigenvalue weighted by Crippen LogP contribution is 2.21. The fraction of sp³-hybridized carbons (Fsp3) is 0.419. The fourth-order valence-corrected chi connectivity index (χ4v) is 4.39.